The average molecular weight is 771 g/mol. The van der Waals surface area contributed by atoms with E-state index in [4.69, 9.17) is 25.8 Å². The second kappa shape index (κ2) is 15.0. The number of allylic oxidation sites excluding steroid dienone is 1. The lowest BCUT2D eigenvalue weighted by molar-refractivity contribution is -0.162. The predicted molar refractivity (Wildman–Crippen MR) is 189 cm³/mol. The molecule has 8 atom stereocenters. The number of anilines is 1. The first-order chi connectivity index (χ1) is 24.0. The van der Waals surface area contributed by atoms with Crippen molar-refractivity contribution in [3.63, 3.8) is 0 Å². The second-order valence-corrected chi connectivity index (χ2v) is 14.8. The van der Waals surface area contributed by atoms with Crippen molar-refractivity contribution in [3.8, 4) is 0 Å². The van der Waals surface area contributed by atoms with E-state index in [9.17, 15) is 19.5 Å². The monoisotopic (exact) mass is 769 g/mol. The fourth-order valence-corrected chi connectivity index (χ4v) is 8.54. The maximum absolute atomic E-state index is 15.1. The van der Waals surface area contributed by atoms with E-state index in [0.717, 1.165) is 0 Å². The highest BCUT2D eigenvalue weighted by atomic mass is 79.9. The van der Waals surface area contributed by atoms with Gasteiger partial charge in [0.05, 0.1) is 31.2 Å². The first-order valence-electron chi connectivity index (χ1n) is 16.8. The standard InChI is InChI=1S/C37H41BrClN3O8/c1-21(2)27(19-43)42-33-35(46)41(24-15-13-23(39)14-16-24)17-9-5-8-12-28(44)40-26(20-48-3)31(22-10-6-4-7-11-22)49-36(47)29-30(34(42)45)37(33)18-25(38)32(29)50-37/h4-7,9-11,13-16,18,21,26-27,29-33,43H,8,12,17,19-20H2,1-3H3,(H,40,44)/b9-5-/t26-,27+,29+,30-,31-,32+,33+,37-/m1/s1. The Bertz CT molecular complexity index is 1670. The molecule has 0 aliphatic carbocycles. The lowest BCUT2D eigenvalue weighted by atomic mass is 9.74. The molecule has 2 N–H and O–H groups in total. The summed E-state index contributed by atoms with van der Waals surface area (Å²) in [6, 6.07) is 13.1. The van der Waals surface area contributed by atoms with Gasteiger partial charge in [0.25, 0.3) is 5.91 Å². The van der Waals surface area contributed by atoms with Crippen molar-refractivity contribution in [1.29, 1.82) is 0 Å². The maximum Gasteiger partial charge on any atom is 0.313 e. The first-order valence-corrected chi connectivity index (χ1v) is 17.9. The molecule has 0 radical (unpaired) electrons. The van der Waals surface area contributed by atoms with Gasteiger partial charge < -0.3 is 34.4 Å². The Morgan fingerprint density at radius 3 is 2.42 bits per heavy atom. The van der Waals surface area contributed by atoms with Gasteiger partial charge in [-0.05, 0) is 48.2 Å². The van der Waals surface area contributed by atoms with Gasteiger partial charge in [-0.15, -0.1) is 0 Å². The zero-order valence-electron chi connectivity index (χ0n) is 28.0. The molecule has 2 aromatic rings. The number of nitrogens with zero attached hydrogens (tertiary/aromatic N) is 2. The van der Waals surface area contributed by atoms with Crippen LogP contribution in [-0.4, -0.2) is 90.4 Å². The third-order valence-corrected chi connectivity index (χ3v) is 10.9. The smallest absolute Gasteiger partial charge is 0.313 e. The van der Waals surface area contributed by atoms with Crippen LogP contribution in [0.4, 0.5) is 5.69 Å². The SMILES string of the molecule is COC[C@H]1NC(=O)CC/C=C\CN(c2ccc(Cl)cc2)C(=O)[C@@H]2N([C@@H](CO)C(C)C)C(=O)[C@H]3[C@H](C(=O)O[C@@H]1c1ccccc1)[C@H]1O[C@@]23C=C1Br. The fraction of sp³-hybridized carbons (Fsp3) is 0.459. The van der Waals surface area contributed by atoms with Crippen LogP contribution in [0.1, 0.15) is 38.4 Å². The molecule has 5 bridgehead atoms. The molecule has 1 spiro atoms. The largest absolute Gasteiger partial charge is 0.455 e. The van der Waals surface area contributed by atoms with Crippen LogP contribution in [0.25, 0.3) is 0 Å². The number of esters is 1. The topological polar surface area (TPSA) is 135 Å². The van der Waals surface area contributed by atoms with E-state index >= 15 is 4.79 Å². The van der Waals surface area contributed by atoms with E-state index in [-0.39, 0.29) is 31.4 Å². The quantitative estimate of drug-likeness (QED) is 0.314. The summed E-state index contributed by atoms with van der Waals surface area (Å²) >= 11 is 9.81. The minimum atomic E-state index is -1.55. The number of likely N-dealkylation sites (tertiary alicyclic amines) is 1. The van der Waals surface area contributed by atoms with Gasteiger partial charge in [0, 0.05) is 35.3 Å². The van der Waals surface area contributed by atoms with E-state index in [1.54, 1.807) is 60.7 Å². The molecular weight excluding hydrogens is 730 g/mol. The molecule has 2 aromatic carbocycles. The van der Waals surface area contributed by atoms with E-state index in [2.05, 4.69) is 21.2 Å². The molecule has 6 rings (SSSR count). The Kier molecular flexibility index (Phi) is 10.9. The van der Waals surface area contributed by atoms with Crippen molar-refractivity contribution >= 4 is 56.9 Å². The number of hydrogen-bond donors (Lipinski definition) is 2. The van der Waals surface area contributed by atoms with Gasteiger partial charge in [0.1, 0.15) is 29.8 Å². The van der Waals surface area contributed by atoms with Crippen LogP contribution < -0.4 is 10.2 Å². The molecule has 11 nitrogen and oxygen atoms in total. The van der Waals surface area contributed by atoms with Crippen LogP contribution in [0.3, 0.4) is 0 Å². The number of hydrogen-bond acceptors (Lipinski definition) is 8. The number of methoxy groups -OCH3 is 1. The number of carbonyl (C=O) groups is 4. The maximum atomic E-state index is 15.1. The van der Waals surface area contributed by atoms with Crippen LogP contribution in [-0.2, 0) is 33.4 Å². The van der Waals surface area contributed by atoms with Crippen molar-refractivity contribution < 1.29 is 38.5 Å². The Labute approximate surface area is 304 Å². The number of aliphatic hydroxyl groups is 1. The Hall–Kier alpha value is -3.55. The summed E-state index contributed by atoms with van der Waals surface area (Å²) < 4.78 is 18.9. The zero-order valence-corrected chi connectivity index (χ0v) is 30.4. The molecule has 2 saturated heterocycles. The van der Waals surface area contributed by atoms with Gasteiger partial charge in [-0.2, -0.15) is 0 Å². The van der Waals surface area contributed by atoms with Crippen molar-refractivity contribution in [1.82, 2.24) is 10.2 Å². The lowest BCUT2D eigenvalue weighted by Gasteiger charge is -2.40. The number of cyclic esters (lactones) is 1. The molecule has 3 amide bonds. The number of amides is 3. The number of ether oxygens (including phenoxy) is 3. The summed E-state index contributed by atoms with van der Waals surface area (Å²) in [7, 11) is 1.50. The highest BCUT2D eigenvalue weighted by Gasteiger charge is 2.75. The summed E-state index contributed by atoms with van der Waals surface area (Å²) in [6.07, 6.45) is 3.98. The Balaban J connectivity index is 1.51. The van der Waals surface area contributed by atoms with E-state index in [1.165, 1.54) is 16.9 Å². The predicted octanol–water partition coefficient (Wildman–Crippen LogP) is 4.33. The average Bonchev–Trinajstić information content (AvgIpc) is 3.69. The number of halogens is 2. The normalized spacial score (nSPS) is 31.4. The molecule has 4 aliphatic rings. The number of fused-ring (bicyclic) bond motifs is 2. The molecule has 4 heterocycles. The molecule has 4 aliphatic heterocycles. The Morgan fingerprint density at radius 1 is 1.04 bits per heavy atom. The highest BCUT2D eigenvalue weighted by molar-refractivity contribution is 9.11. The number of carbonyl (C=O) groups excluding carboxylic acids is 4. The zero-order chi connectivity index (χ0) is 35.7. The third kappa shape index (κ3) is 6.52. The molecule has 0 saturated carbocycles. The first kappa shape index (κ1) is 36.2. The fourth-order valence-electron chi connectivity index (χ4n) is 7.68. The van der Waals surface area contributed by atoms with E-state index < -0.39 is 72.2 Å². The van der Waals surface area contributed by atoms with Crippen LogP contribution in [0.5, 0.6) is 0 Å². The summed E-state index contributed by atoms with van der Waals surface area (Å²) in [4.78, 5) is 60.6. The van der Waals surface area contributed by atoms with Crippen LogP contribution in [0.15, 0.2) is 77.3 Å². The summed E-state index contributed by atoms with van der Waals surface area (Å²) in [5, 5.41) is 14.1. The number of aliphatic hydroxyl groups excluding tert-OH is 1. The van der Waals surface area contributed by atoms with Crippen molar-refractivity contribution in [3.05, 3.63) is 87.9 Å². The van der Waals surface area contributed by atoms with Gasteiger partial charge >= 0.3 is 5.97 Å². The number of nitrogens with one attached hydrogen (secondary N) is 1. The van der Waals surface area contributed by atoms with Gasteiger partial charge in [0.2, 0.25) is 11.8 Å². The molecule has 2 fully saturated rings. The number of rotatable bonds is 7. The summed E-state index contributed by atoms with van der Waals surface area (Å²) in [6.45, 7) is 3.47. The second-order valence-electron chi connectivity index (χ2n) is 13.4. The van der Waals surface area contributed by atoms with Gasteiger partial charge in [-0.1, -0.05) is 83.9 Å². The third-order valence-electron chi connectivity index (χ3n) is 10.0. The minimum Gasteiger partial charge on any atom is -0.455 e. The molecule has 266 valence electrons. The summed E-state index contributed by atoms with van der Waals surface area (Å²) in [5.41, 5.74) is -0.397. The molecular formula is C37H41BrClN3O8. The molecule has 50 heavy (non-hydrogen) atoms. The van der Waals surface area contributed by atoms with Crippen LogP contribution in [0.2, 0.25) is 5.02 Å². The molecule has 0 unspecified atom stereocenters. The van der Waals surface area contributed by atoms with Gasteiger partial charge in [-0.25, -0.2) is 0 Å². The van der Waals surface area contributed by atoms with E-state index in [0.29, 0.717) is 27.2 Å². The molecule has 0 aromatic heterocycles. The van der Waals surface area contributed by atoms with Crippen molar-refractivity contribution in [2.24, 2.45) is 17.8 Å². The lowest BCUT2D eigenvalue weighted by Crippen LogP contribution is -2.59. The Morgan fingerprint density at radius 2 is 1.76 bits per heavy atom. The van der Waals surface area contributed by atoms with Crippen molar-refractivity contribution in [2.75, 3.05) is 31.8 Å². The van der Waals surface area contributed by atoms with Crippen LogP contribution in [0, 0.1) is 17.8 Å². The van der Waals surface area contributed by atoms with Crippen LogP contribution >= 0.6 is 27.5 Å². The highest BCUT2D eigenvalue weighted by Crippen LogP contribution is 2.59. The van der Waals surface area contributed by atoms with E-state index in [1.807, 2.05) is 26.0 Å². The van der Waals surface area contributed by atoms with Gasteiger partial charge in [0.15, 0.2) is 0 Å². The van der Waals surface area contributed by atoms with Crippen molar-refractivity contribution in [2.45, 2.75) is 62.6 Å². The minimum absolute atomic E-state index is 0.0435. The number of benzene rings is 2. The summed E-state index contributed by atoms with van der Waals surface area (Å²) in [5.74, 6) is -4.45. The van der Waals surface area contributed by atoms with Gasteiger partial charge in [-0.3, -0.25) is 19.2 Å². The molecule has 13 heteroatoms.